The van der Waals surface area contributed by atoms with Crippen molar-refractivity contribution in [2.24, 2.45) is 0 Å². The summed E-state index contributed by atoms with van der Waals surface area (Å²) < 4.78 is 2.45. The van der Waals surface area contributed by atoms with Crippen molar-refractivity contribution in [3.63, 3.8) is 0 Å². The van der Waals surface area contributed by atoms with Gasteiger partial charge in [0.25, 0.3) is 0 Å². The molecule has 0 spiro atoms. The number of anilines is 6. The van der Waals surface area contributed by atoms with Crippen molar-refractivity contribution in [1.82, 2.24) is 4.57 Å². The van der Waals surface area contributed by atoms with Crippen molar-refractivity contribution < 1.29 is 0 Å². The number of hydrogen-bond acceptors (Lipinski definition) is 2. The van der Waals surface area contributed by atoms with Crippen LogP contribution >= 0.6 is 0 Å². The topological polar surface area (TPSA) is 11.4 Å². The van der Waals surface area contributed by atoms with Gasteiger partial charge in [0, 0.05) is 50.3 Å². The molecule has 0 aliphatic heterocycles. The average molecular weight is 780 g/mol. The molecule has 11 rings (SSSR count). The van der Waals surface area contributed by atoms with Gasteiger partial charge in [0.2, 0.25) is 0 Å². The third-order valence-electron chi connectivity index (χ3n) is 11.8. The van der Waals surface area contributed by atoms with Crippen molar-refractivity contribution in [2.75, 3.05) is 9.80 Å². The van der Waals surface area contributed by atoms with Crippen LogP contribution < -0.4 is 9.80 Å². The molecule has 0 amide bonds. The molecule has 0 atom stereocenters. The van der Waals surface area contributed by atoms with Crippen molar-refractivity contribution in [3.8, 4) is 27.9 Å². The number of para-hydroxylation sites is 2. The Kier molecular flexibility index (Phi) is 9.18. The van der Waals surface area contributed by atoms with Crippen molar-refractivity contribution in [3.05, 3.63) is 249 Å². The van der Waals surface area contributed by atoms with E-state index in [1.807, 2.05) is 0 Å². The van der Waals surface area contributed by atoms with Crippen LogP contribution in [0, 0.1) is 0 Å². The summed E-state index contributed by atoms with van der Waals surface area (Å²) in [5.41, 5.74) is 14.8. The summed E-state index contributed by atoms with van der Waals surface area (Å²) in [7, 11) is 0. The molecule has 0 unspecified atom stereocenters. The molecule has 1 aromatic heterocycles. The lowest BCUT2D eigenvalue weighted by Crippen LogP contribution is -2.10. The molecule has 0 saturated heterocycles. The minimum absolute atomic E-state index is 1.09. The quantitative estimate of drug-likeness (QED) is 0.145. The van der Waals surface area contributed by atoms with Gasteiger partial charge in [-0.3, -0.25) is 0 Å². The number of hydrogen-bond donors (Lipinski definition) is 0. The fraction of sp³-hybridized carbons (Fsp3) is 0. The number of fused-ring (bicyclic) bond motifs is 4. The summed E-state index contributed by atoms with van der Waals surface area (Å²) in [4.78, 5) is 4.73. The van der Waals surface area contributed by atoms with Crippen LogP contribution in [0.5, 0.6) is 0 Å². The number of benzene rings is 10. The van der Waals surface area contributed by atoms with Gasteiger partial charge in [-0.05, 0) is 119 Å². The van der Waals surface area contributed by atoms with E-state index >= 15 is 0 Å². The average Bonchev–Trinajstić information content (AvgIpc) is 3.66. The maximum atomic E-state index is 2.45. The highest BCUT2D eigenvalue weighted by atomic mass is 15.1. The van der Waals surface area contributed by atoms with E-state index in [-0.39, 0.29) is 0 Å². The van der Waals surface area contributed by atoms with Crippen LogP contribution in [0.15, 0.2) is 249 Å². The Labute approximate surface area is 356 Å². The van der Waals surface area contributed by atoms with E-state index in [0.29, 0.717) is 0 Å². The summed E-state index contributed by atoms with van der Waals surface area (Å²) in [6, 6.07) is 89.6. The van der Waals surface area contributed by atoms with Crippen LogP contribution in [-0.2, 0) is 0 Å². The van der Waals surface area contributed by atoms with E-state index in [0.717, 1.165) is 50.8 Å². The van der Waals surface area contributed by atoms with Crippen molar-refractivity contribution in [1.29, 1.82) is 0 Å². The summed E-state index contributed by atoms with van der Waals surface area (Å²) in [6.45, 7) is 0. The zero-order chi connectivity index (χ0) is 40.5. The molecule has 0 saturated carbocycles. The van der Waals surface area contributed by atoms with E-state index in [1.165, 1.54) is 43.8 Å². The maximum absolute atomic E-state index is 2.45. The van der Waals surface area contributed by atoms with E-state index in [2.05, 4.69) is 263 Å². The normalized spacial score (nSPS) is 11.3. The van der Waals surface area contributed by atoms with Gasteiger partial charge in [0.1, 0.15) is 0 Å². The van der Waals surface area contributed by atoms with E-state index < -0.39 is 0 Å². The third-order valence-corrected chi connectivity index (χ3v) is 11.8. The molecule has 0 fully saturated rings. The second kappa shape index (κ2) is 15.6. The SMILES string of the molecule is c1ccc(-c2ccc(N(c3ccccc3)c3ccc4c(c3)c3cc(N(c5ccccc5)c5ccc(-c6ccccc6)cc5)ccc3n4-c3cccc4ccccc34)cc2)cc1. The first kappa shape index (κ1) is 36.0. The molecule has 61 heavy (non-hydrogen) atoms. The molecule has 3 heteroatoms. The molecule has 0 N–H and O–H groups in total. The van der Waals surface area contributed by atoms with Gasteiger partial charge in [0.15, 0.2) is 0 Å². The monoisotopic (exact) mass is 779 g/mol. The lowest BCUT2D eigenvalue weighted by atomic mass is 10.0. The van der Waals surface area contributed by atoms with Gasteiger partial charge >= 0.3 is 0 Å². The second-order valence-corrected chi connectivity index (χ2v) is 15.4. The van der Waals surface area contributed by atoms with Crippen LogP contribution in [0.2, 0.25) is 0 Å². The van der Waals surface area contributed by atoms with Crippen LogP contribution in [-0.4, -0.2) is 4.57 Å². The summed E-state index contributed by atoms with van der Waals surface area (Å²) in [5, 5.41) is 4.78. The molecular formula is C58H41N3. The van der Waals surface area contributed by atoms with E-state index in [1.54, 1.807) is 0 Å². The smallest absolute Gasteiger partial charge is 0.0542 e. The van der Waals surface area contributed by atoms with E-state index in [4.69, 9.17) is 0 Å². The van der Waals surface area contributed by atoms with Gasteiger partial charge < -0.3 is 14.4 Å². The van der Waals surface area contributed by atoms with Gasteiger partial charge in [-0.25, -0.2) is 0 Å². The van der Waals surface area contributed by atoms with Gasteiger partial charge in [-0.1, -0.05) is 158 Å². The molecule has 10 aromatic carbocycles. The summed E-state index contributed by atoms with van der Waals surface area (Å²) in [5.74, 6) is 0. The van der Waals surface area contributed by atoms with Crippen LogP contribution in [0.3, 0.4) is 0 Å². The lowest BCUT2D eigenvalue weighted by Gasteiger charge is -2.26. The number of nitrogens with zero attached hydrogens (tertiary/aromatic N) is 3. The van der Waals surface area contributed by atoms with Crippen LogP contribution in [0.4, 0.5) is 34.1 Å². The Hall–Kier alpha value is -8.14. The highest BCUT2D eigenvalue weighted by Crippen LogP contribution is 2.44. The lowest BCUT2D eigenvalue weighted by molar-refractivity contribution is 1.19. The van der Waals surface area contributed by atoms with Gasteiger partial charge in [0.05, 0.1) is 16.7 Å². The van der Waals surface area contributed by atoms with Crippen molar-refractivity contribution in [2.45, 2.75) is 0 Å². The summed E-state index contributed by atoms with van der Waals surface area (Å²) >= 11 is 0. The molecule has 0 bridgehead atoms. The molecule has 1 heterocycles. The molecule has 0 radical (unpaired) electrons. The van der Waals surface area contributed by atoms with E-state index in [9.17, 15) is 0 Å². The summed E-state index contributed by atoms with van der Waals surface area (Å²) in [6.07, 6.45) is 0. The second-order valence-electron chi connectivity index (χ2n) is 15.4. The molecule has 0 aliphatic rings. The Morgan fingerprint density at radius 3 is 1.08 bits per heavy atom. The number of rotatable bonds is 9. The first-order valence-electron chi connectivity index (χ1n) is 20.8. The third kappa shape index (κ3) is 6.69. The molecule has 0 aliphatic carbocycles. The highest BCUT2D eigenvalue weighted by Gasteiger charge is 2.21. The Morgan fingerprint density at radius 1 is 0.246 bits per heavy atom. The molecule has 3 nitrogen and oxygen atoms in total. The number of aromatic nitrogens is 1. The minimum atomic E-state index is 1.09. The largest absolute Gasteiger partial charge is 0.310 e. The maximum Gasteiger partial charge on any atom is 0.0542 e. The molecular weight excluding hydrogens is 739 g/mol. The predicted molar refractivity (Wildman–Crippen MR) is 259 cm³/mol. The Bertz CT molecular complexity index is 3080. The van der Waals surface area contributed by atoms with Crippen LogP contribution in [0.1, 0.15) is 0 Å². The first-order chi connectivity index (χ1) is 30.3. The first-order valence-corrected chi connectivity index (χ1v) is 20.8. The zero-order valence-electron chi connectivity index (χ0n) is 33.5. The Morgan fingerprint density at radius 2 is 0.607 bits per heavy atom. The van der Waals surface area contributed by atoms with Crippen molar-refractivity contribution >= 4 is 66.7 Å². The standard InChI is InChI=1S/C58H41N3/c1-5-16-42(17-6-1)44-28-32-49(33-29-44)59(47-22-9-3-10-23-47)51-36-38-57-54(40-51)55-41-52(37-39-58(55)61(57)56-27-15-21-46-20-13-14-26-53(46)56)60(48-24-11-4-12-25-48)50-34-30-45(31-35-50)43-18-7-2-8-19-43/h1-41H. The van der Waals surface area contributed by atoms with Gasteiger partial charge in [-0.15, -0.1) is 0 Å². The molecule has 11 aromatic rings. The minimum Gasteiger partial charge on any atom is -0.310 e. The fourth-order valence-electron chi connectivity index (χ4n) is 8.86. The predicted octanol–water partition coefficient (Wildman–Crippen LogP) is 16.2. The fourth-order valence-corrected chi connectivity index (χ4v) is 8.86. The van der Waals surface area contributed by atoms with Crippen LogP contribution in [0.25, 0.3) is 60.5 Å². The zero-order valence-corrected chi connectivity index (χ0v) is 33.5. The van der Waals surface area contributed by atoms with Gasteiger partial charge in [-0.2, -0.15) is 0 Å². The molecule has 288 valence electrons. The highest BCUT2D eigenvalue weighted by molar-refractivity contribution is 6.13. The Balaban J connectivity index is 1.12.